The second-order valence-electron chi connectivity index (χ2n) is 3.56. The first kappa shape index (κ1) is 12.5. The predicted molar refractivity (Wildman–Crippen MR) is 67.3 cm³/mol. The molecule has 1 aromatic heterocycles. The summed E-state index contributed by atoms with van der Waals surface area (Å²) < 4.78 is 0. The number of nitrogens with zero attached hydrogens (tertiary/aromatic N) is 1. The van der Waals surface area contributed by atoms with Gasteiger partial charge in [0.2, 0.25) is 0 Å². The molecule has 0 amide bonds. The first-order chi connectivity index (χ1) is 7.27. The van der Waals surface area contributed by atoms with Gasteiger partial charge in [0.1, 0.15) is 0 Å². The normalized spacial score (nSPS) is 12.7. The van der Waals surface area contributed by atoms with Gasteiger partial charge in [-0.05, 0) is 37.3 Å². The minimum Gasteiger partial charge on any atom is -0.310 e. The van der Waals surface area contributed by atoms with Gasteiger partial charge in [0.05, 0.1) is 5.03 Å². The SMILES string of the molecule is CCCSc1ccc(C(C)NCC)cn1. The molecule has 1 heterocycles. The molecule has 0 aliphatic rings. The number of hydrogen-bond acceptors (Lipinski definition) is 3. The molecule has 1 rings (SSSR count). The Morgan fingerprint density at radius 1 is 1.40 bits per heavy atom. The lowest BCUT2D eigenvalue weighted by atomic mass is 10.1. The van der Waals surface area contributed by atoms with Crippen molar-refractivity contribution < 1.29 is 0 Å². The molecule has 1 unspecified atom stereocenters. The molecule has 1 aromatic rings. The van der Waals surface area contributed by atoms with Gasteiger partial charge < -0.3 is 5.32 Å². The Labute approximate surface area is 96.9 Å². The highest BCUT2D eigenvalue weighted by molar-refractivity contribution is 7.99. The summed E-state index contributed by atoms with van der Waals surface area (Å²) in [5, 5.41) is 4.51. The van der Waals surface area contributed by atoms with Crippen molar-refractivity contribution in [1.82, 2.24) is 10.3 Å². The second-order valence-corrected chi connectivity index (χ2v) is 4.67. The van der Waals surface area contributed by atoms with E-state index in [4.69, 9.17) is 0 Å². The third kappa shape index (κ3) is 4.22. The maximum absolute atomic E-state index is 4.44. The summed E-state index contributed by atoms with van der Waals surface area (Å²) in [6.07, 6.45) is 3.17. The Hall–Kier alpha value is -0.540. The van der Waals surface area contributed by atoms with E-state index in [9.17, 15) is 0 Å². The summed E-state index contributed by atoms with van der Waals surface area (Å²) in [7, 11) is 0. The van der Waals surface area contributed by atoms with Gasteiger partial charge in [-0.25, -0.2) is 4.98 Å². The quantitative estimate of drug-likeness (QED) is 0.751. The van der Waals surface area contributed by atoms with Gasteiger partial charge >= 0.3 is 0 Å². The zero-order valence-corrected chi connectivity index (χ0v) is 10.6. The third-order valence-electron chi connectivity index (χ3n) is 2.22. The molecule has 0 radical (unpaired) electrons. The predicted octanol–water partition coefficient (Wildman–Crippen LogP) is 3.25. The van der Waals surface area contributed by atoms with E-state index in [2.05, 4.69) is 43.2 Å². The Bertz CT molecular complexity index is 271. The fourth-order valence-corrected chi connectivity index (χ4v) is 2.07. The van der Waals surface area contributed by atoms with E-state index in [1.165, 1.54) is 12.0 Å². The maximum atomic E-state index is 4.44. The molecule has 0 saturated heterocycles. The molecule has 0 bridgehead atoms. The van der Waals surface area contributed by atoms with Gasteiger partial charge in [0.15, 0.2) is 0 Å². The molecule has 0 spiro atoms. The van der Waals surface area contributed by atoms with Gasteiger partial charge in [-0.2, -0.15) is 0 Å². The summed E-state index contributed by atoms with van der Waals surface area (Å²) in [5.41, 5.74) is 1.26. The fourth-order valence-electron chi connectivity index (χ4n) is 1.36. The Morgan fingerprint density at radius 2 is 2.20 bits per heavy atom. The van der Waals surface area contributed by atoms with E-state index in [0.717, 1.165) is 17.3 Å². The van der Waals surface area contributed by atoms with Crippen LogP contribution in [0.3, 0.4) is 0 Å². The van der Waals surface area contributed by atoms with E-state index in [0.29, 0.717) is 6.04 Å². The highest BCUT2D eigenvalue weighted by atomic mass is 32.2. The van der Waals surface area contributed by atoms with Gasteiger partial charge in [0.25, 0.3) is 0 Å². The molecule has 3 heteroatoms. The molecule has 0 aromatic carbocycles. The van der Waals surface area contributed by atoms with Crippen LogP contribution in [-0.4, -0.2) is 17.3 Å². The monoisotopic (exact) mass is 224 g/mol. The van der Waals surface area contributed by atoms with E-state index in [1.807, 2.05) is 18.0 Å². The van der Waals surface area contributed by atoms with Crippen molar-refractivity contribution in [2.45, 2.75) is 38.3 Å². The first-order valence-electron chi connectivity index (χ1n) is 5.60. The number of nitrogens with one attached hydrogen (secondary N) is 1. The number of rotatable bonds is 6. The van der Waals surface area contributed by atoms with Crippen LogP contribution in [0.4, 0.5) is 0 Å². The van der Waals surface area contributed by atoms with Gasteiger partial charge in [-0.3, -0.25) is 0 Å². The van der Waals surface area contributed by atoms with Gasteiger partial charge in [-0.1, -0.05) is 19.9 Å². The largest absolute Gasteiger partial charge is 0.310 e. The molecule has 0 saturated carbocycles. The molecule has 0 aliphatic carbocycles. The number of pyridine rings is 1. The summed E-state index contributed by atoms with van der Waals surface area (Å²) in [6.45, 7) is 7.47. The molecule has 0 fully saturated rings. The molecule has 2 nitrogen and oxygen atoms in total. The van der Waals surface area contributed by atoms with Crippen molar-refractivity contribution in [1.29, 1.82) is 0 Å². The standard InChI is InChI=1S/C12H20N2S/c1-4-8-15-12-7-6-11(9-14-12)10(3)13-5-2/h6-7,9-10,13H,4-5,8H2,1-3H3. The molecular formula is C12H20N2S. The van der Waals surface area contributed by atoms with Crippen molar-refractivity contribution in [3.8, 4) is 0 Å². The lowest BCUT2D eigenvalue weighted by molar-refractivity contribution is 0.595. The van der Waals surface area contributed by atoms with Crippen molar-refractivity contribution in [3.05, 3.63) is 23.9 Å². The number of aromatic nitrogens is 1. The highest BCUT2D eigenvalue weighted by Gasteiger charge is 2.03. The lowest BCUT2D eigenvalue weighted by Gasteiger charge is -2.12. The summed E-state index contributed by atoms with van der Waals surface area (Å²) in [6, 6.07) is 4.68. The molecule has 84 valence electrons. The van der Waals surface area contributed by atoms with E-state index in [1.54, 1.807) is 0 Å². The Balaban J connectivity index is 2.55. The van der Waals surface area contributed by atoms with Crippen molar-refractivity contribution in [2.75, 3.05) is 12.3 Å². The topological polar surface area (TPSA) is 24.9 Å². The van der Waals surface area contributed by atoms with E-state index < -0.39 is 0 Å². The van der Waals surface area contributed by atoms with Crippen molar-refractivity contribution in [2.24, 2.45) is 0 Å². The Kier molecular flexibility index (Phi) is 5.73. The zero-order valence-electron chi connectivity index (χ0n) is 9.79. The summed E-state index contributed by atoms with van der Waals surface area (Å²) in [4.78, 5) is 4.44. The molecule has 0 aliphatic heterocycles. The van der Waals surface area contributed by atoms with Crippen LogP contribution < -0.4 is 5.32 Å². The van der Waals surface area contributed by atoms with Crippen LogP contribution in [-0.2, 0) is 0 Å². The Morgan fingerprint density at radius 3 is 2.73 bits per heavy atom. The van der Waals surface area contributed by atoms with E-state index >= 15 is 0 Å². The zero-order chi connectivity index (χ0) is 11.1. The molecule has 15 heavy (non-hydrogen) atoms. The minimum atomic E-state index is 0.396. The van der Waals surface area contributed by atoms with Crippen LogP contribution in [0.2, 0.25) is 0 Å². The fraction of sp³-hybridized carbons (Fsp3) is 0.583. The van der Waals surface area contributed by atoms with Crippen LogP contribution in [0.5, 0.6) is 0 Å². The maximum Gasteiger partial charge on any atom is 0.0960 e. The first-order valence-corrected chi connectivity index (χ1v) is 6.58. The molecule has 1 atom stereocenters. The lowest BCUT2D eigenvalue weighted by Crippen LogP contribution is -2.17. The van der Waals surface area contributed by atoms with Crippen LogP contribution in [0.1, 0.15) is 38.8 Å². The van der Waals surface area contributed by atoms with Crippen LogP contribution >= 0.6 is 11.8 Å². The smallest absolute Gasteiger partial charge is 0.0960 e. The van der Waals surface area contributed by atoms with Crippen LogP contribution in [0, 0.1) is 0 Å². The average molecular weight is 224 g/mol. The second kappa shape index (κ2) is 6.85. The van der Waals surface area contributed by atoms with E-state index in [-0.39, 0.29) is 0 Å². The highest BCUT2D eigenvalue weighted by Crippen LogP contribution is 2.18. The van der Waals surface area contributed by atoms with Crippen molar-refractivity contribution in [3.63, 3.8) is 0 Å². The molecular weight excluding hydrogens is 204 g/mol. The summed E-state index contributed by atoms with van der Waals surface area (Å²) >= 11 is 1.82. The number of hydrogen-bond donors (Lipinski definition) is 1. The summed E-state index contributed by atoms with van der Waals surface area (Å²) in [5.74, 6) is 1.15. The molecule has 1 N–H and O–H groups in total. The van der Waals surface area contributed by atoms with Gasteiger partial charge in [0, 0.05) is 12.2 Å². The number of thioether (sulfide) groups is 1. The van der Waals surface area contributed by atoms with Gasteiger partial charge in [-0.15, -0.1) is 11.8 Å². The third-order valence-corrected chi connectivity index (χ3v) is 3.37. The van der Waals surface area contributed by atoms with Crippen molar-refractivity contribution >= 4 is 11.8 Å². The minimum absolute atomic E-state index is 0.396. The van der Waals surface area contributed by atoms with Crippen LogP contribution in [0.15, 0.2) is 23.4 Å². The van der Waals surface area contributed by atoms with Crippen LogP contribution in [0.25, 0.3) is 0 Å². The average Bonchev–Trinajstić information content (AvgIpc) is 2.27.